The Kier molecular flexibility index (Phi) is 3.97. The molecule has 4 atom stereocenters. The molecule has 7 nitrogen and oxygen atoms in total. The Bertz CT molecular complexity index is 863. The van der Waals surface area contributed by atoms with Gasteiger partial charge in [-0.15, -0.1) is 0 Å². The number of ether oxygens (including phenoxy) is 2. The van der Waals surface area contributed by atoms with Gasteiger partial charge in [0, 0.05) is 16.6 Å². The molecule has 9 heteroatoms. The predicted molar refractivity (Wildman–Crippen MR) is 92.3 cm³/mol. The molecule has 3 aliphatic rings. The lowest BCUT2D eigenvalue weighted by molar-refractivity contribution is -0.160. The molecule has 1 aliphatic carbocycles. The topological polar surface area (TPSA) is 90.0 Å². The molecule has 1 aromatic rings. The summed E-state index contributed by atoms with van der Waals surface area (Å²) in [7, 11) is 1.68. The zero-order valence-corrected chi connectivity index (χ0v) is 15.8. The predicted octanol–water partition coefficient (Wildman–Crippen LogP) is 1.76. The van der Waals surface area contributed by atoms with E-state index >= 15 is 0 Å². The largest absolute Gasteiger partial charge is 0.344 e. The average molecular weight is 400 g/mol. The lowest BCUT2D eigenvalue weighted by Gasteiger charge is -2.28. The molecule has 1 aromatic carbocycles. The third kappa shape index (κ3) is 2.85. The first-order valence-corrected chi connectivity index (χ1v) is 10.8. The van der Waals surface area contributed by atoms with Gasteiger partial charge in [0.05, 0.1) is 29.0 Å². The first-order chi connectivity index (χ1) is 12.1. The first kappa shape index (κ1) is 17.9. The molecule has 2 fully saturated rings. The third-order valence-corrected chi connectivity index (χ3v) is 6.33. The van der Waals surface area contributed by atoms with E-state index in [9.17, 15) is 18.0 Å². The molecule has 2 aliphatic heterocycles. The van der Waals surface area contributed by atoms with Crippen molar-refractivity contribution in [3.05, 3.63) is 35.4 Å². The zero-order valence-electron chi connectivity index (χ0n) is 14.2. The molecule has 1 saturated heterocycles. The lowest BCUT2D eigenvalue weighted by Crippen LogP contribution is -2.46. The molecule has 0 N–H and O–H groups in total. The molecule has 2 amide bonds. The molecule has 0 radical (unpaired) electrons. The maximum atomic E-state index is 12.8. The molecule has 0 aromatic heterocycles. The number of carbonyl (C=O) groups excluding carboxylic acids is 2. The minimum atomic E-state index is -3.76. The number of nitrogens with zero attached hydrogens (tertiary/aromatic N) is 1. The van der Waals surface area contributed by atoms with E-state index < -0.39 is 50.8 Å². The number of fused-ring (bicyclic) bond motifs is 2. The summed E-state index contributed by atoms with van der Waals surface area (Å²) in [5, 5.41) is 0. The van der Waals surface area contributed by atoms with Crippen LogP contribution >= 0.6 is 10.7 Å². The Morgan fingerprint density at radius 3 is 2.19 bits per heavy atom. The number of carbonyl (C=O) groups is 2. The highest BCUT2D eigenvalue weighted by Crippen LogP contribution is 2.45. The molecular weight excluding hydrogens is 382 g/mol. The van der Waals surface area contributed by atoms with Gasteiger partial charge in [-0.25, -0.2) is 8.42 Å². The average Bonchev–Trinajstić information content (AvgIpc) is 3.09. The highest BCUT2D eigenvalue weighted by atomic mass is 35.7. The van der Waals surface area contributed by atoms with Crippen molar-refractivity contribution in [1.29, 1.82) is 0 Å². The molecule has 4 rings (SSSR count). The molecule has 0 spiro atoms. The van der Waals surface area contributed by atoms with Gasteiger partial charge in [0.2, 0.25) is 9.05 Å². The van der Waals surface area contributed by atoms with E-state index in [-0.39, 0.29) is 12.2 Å². The minimum Gasteiger partial charge on any atom is -0.344 e. The van der Waals surface area contributed by atoms with Crippen molar-refractivity contribution in [1.82, 2.24) is 4.90 Å². The Morgan fingerprint density at radius 2 is 1.65 bits per heavy atom. The summed E-state index contributed by atoms with van der Waals surface area (Å²) in [5.74, 6) is -2.47. The summed E-state index contributed by atoms with van der Waals surface area (Å²) < 4.78 is 35.0. The van der Waals surface area contributed by atoms with Gasteiger partial charge in [0.15, 0.2) is 5.79 Å². The van der Waals surface area contributed by atoms with E-state index in [1.807, 2.05) is 0 Å². The number of benzene rings is 1. The van der Waals surface area contributed by atoms with Gasteiger partial charge in [0.1, 0.15) is 6.10 Å². The number of hydrogen-bond donors (Lipinski definition) is 0. The van der Waals surface area contributed by atoms with E-state index in [1.165, 1.54) is 4.90 Å². The molecule has 26 heavy (non-hydrogen) atoms. The lowest BCUT2D eigenvalue weighted by atomic mass is 10.1. The van der Waals surface area contributed by atoms with Crippen LogP contribution in [-0.2, 0) is 18.5 Å². The van der Waals surface area contributed by atoms with Crippen molar-refractivity contribution in [2.45, 2.75) is 44.3 Å². The Labute approximate surface area is 155 Å². The first-order valence-electron chi connectivity index (χ1n) is 8.32. The van der Waals surface area contributed by atoms with E-state index in [2.05, 4.69) is 0 Å². The van der Waals surface area contributed by atoms with E-state index in [0.29, 0.717) is 11.1 Å². The van der Waals surface area contributed by atoms with E-state index in [1.54, 1.807) is 38.1 Å². The normalized spacial score (nSPS) is 32.8. The van der Waals surface area contributed by atoms with Crippen LogP contribution in [0.15, 0.2) is 24.3 Å². The quantitative estimate of drug-likeness (QED) is 0.568. The summed E-state index contributed by atoms with van der Waals surface area (Å²) in [6, 6.07) is 6.02. The van der Waals surface area contributed by atoms with Gasteiger partial charge in [-0.05, 0) is 32.4 Å². The van der Waals surface area contributed by atoms with Gasteiger partial charge in [-0.1, -0.05) is 12.1 Å². The van der Waals surface area contributed by atoms with Gasteiger partial charge in [-0.2, -0.15) is 0 Å². The maximum absolute atomic E-state index is 12.8. The smallest absolute Gasteiger partial charge is 0.261 e. The monoisotopic (exact) mass is 399 g/mol. The van der Waals surface area contributed by atoms with Crippen molar-refractivity contribution < 1.29 is 27.5 Å². The van der Waals surface area contributed by atoms with Gasteiger partial charge in [0.25, 0.3) is 11.8 Å². The highest BCUT2D eigenvalue weighted by molar-refractivity contribution is 8.13. The highest BCUT2D eigenvalue weighted by Gasteiger charge is 2.58. The van der Waals surface area contributed by atoms with E-state index in [0.717, 1.165) is 0 Å². The fourth-order valence-electron chi connectivity index (χ4n) is 4.24. The number of imide groups is 1. The zero-order chi connectivity index (χ0) is 18.9. The van der Waals surface area contributed by atoms with Crippen LogP contribution in [0.2, 0.25) is 0 Å². The van der Waals surface area contributed by atoms with Gasteiger partial charge < -0.3 is 9.47 Å². The van der Waals surface area contributed by atoms with Gasteiger partial charge >= 0.3 is 0 Å². The molecule has 2 heterocycles. The SMILES string of the molecule is CC1(C)OC2C(CS(=O)(=O)Cl)CC(N3C(=O)c4ccccc4C3=O)C2O1. The standard InChI is InChI=1S/C17H18ClNO6S/c1-17(2)24-13-9(8-26(18,22)23)7-12(14(13)25-17)19-15(20)10-5-3-4-6-11(10)16(19)21/h3-6,9,12-14H,7-8H2,1-2H3. The van der Waals surface area contributed by atoms with Crippen molar-refractivity contribution >= 4 is 31.5 Å². The number of halogens is 1. The van der Waals surface area contributed by atoms with Crippen LogP contribution in [0.5, 0.6) is 0 Å². The minimum absolute atomic E-state index is 0.267. The molecule has 4 unspecified atom stereocenters. The Hall–Kier alpha value is -1.48. The van der Waals surface area contributed by atoms with Crippen molar-refractivity contribution in [3.8, 4) is 0 Å². The van der Waals surface area contributed by atoms with Crippen LogP contribution < -0.4 is 0 Å². The second kappa shape index (κ2) is 5.76. The van der Waals surface area contributed by atoms with Crippen LogP contribution in [0.25, 0.3) is 0 Å². The summed E-state index contributed by atoms with van der Waals surface area (Å²) in [4.78, 5) is 26.8. The number of rotatable bonds is 3. The second-order valence-corrected chi connectivity index (χ2v) is 10.2. The second-order valence-electron chi connectivity index (χ2n) is 7.36. The number of amides is 2. The Morgan fingerprint density at radius 1 is 1.12 bits per heavy atom. The number of hydrogen-bond acceptors (Lipinski definition) is 6. The van der Waals surface area contributed by atoms with Crippen LogP contribution in [0.1, 0.15) is 41.0 Å². The fourth-order valence-corrected chi connectivity index (χ4v) is 5.56. The Balaban J connectivity index is 1.69. The van der Waals surface area contributed by atoms with Crippen LogP contribution in [0.3, 0.4) is 0 Å². The molecular formula is C17H18ClNO6S. The summed E-state index contributed by atoms with van der Waals surface area (Å²) in [5.41, 5.74) is 0.696. The van der Waals surface area contributed by atoms with Gasteiger partial charge in [-0.3, -0.25) is 14.5 Å². The van der Waals surface area contributed by atoms with Crippen molar-refractivity contribution in [2.24, 2.45) is 5.92 Å². The third-order valence-electron chi connectivity index (χ3n) is 5.12. The van der Waals surface area contributed by atoms with Crippen molar-refractivity contribution in [2.75, 3.05) is 5.75 Å². The van der Waals surface area contributed by atoms with Crippen LogP contribution in [-0.4, -0.2) is 54.9 Å². The fraction of sp³-hybridized carbons (Fsp3) is 0.529. The van der Waals surface area contributed by atoms with Crippen LogP contribution in [0.4, 0.5) is 0 Å². The molecule has 1 saturated carbocycles. The molecule has 140 valence electrons. The maximum Gasteiger partial charge on any atom is 0.261 e. The van der Waals surface area contributed by atoms with Crippen molar-refractivity contribution in [3.63, 3.8) is 0 Å². The van der Waals surface area contributed by atoms with E-state index in [4.69, 9.17) is 20.2 Å². The summed E-state index contributed by atoms with van der Waals surface area (Å²) in [6.45, 7) is 3.44. The van der Waals surface area contributed by atoms with Crippen LogP contribution in [0, 0.1) is 5.92 Å². The summed E-state index contributed by atoms with van der Waals surface area (Å²) in [6.07, 6.45) is -0.869. The molecule has 0 bridgehead atoms. The summed E-state index contributed by atoms with van der Waals surface area (Å²) >= 11 is 0.